The summed E-state index contributed by atoms with van der Waals surface area (Å²) in [7, 11) is 2.83. The Morgan fingerprint density at radius 2 is 1.75 bits per heavy atom. The van der Waals surface area contributed by atoms with E-state index in [9.17, 15) is 23.3 Å². The number of benzene rings is 2. The van der Waals surface area contributed by atoms with Crippen LogP contribution in [0.5, 0.6) is 11.5 Å². The Balaban J connectivity index is 2.48. The van der Waals surface area contributed by atoms with Gasteiger partial charge in [-0.2, -0.15) is 13.2 Å². The minimum atomic E-state index is -4.67. The van der Waals surface area contributed by atoms with Crippen molar-refractivity contribution in [3.8, 4) is 11.5 Å². The fraction of sp³-hybridized carbons (Fsp3) is 0.200. The summed E-state index contributed by atoms with van der Waals surface area (Å²) >= 11 is 0. The number of halogens is 3. The number of ether oxygens (including phenoxy) is 2. The summed E-state index contributed by atoms with van der Waals surface area (Å²) in [6.07, 6.45) is -4.67. The maximum atomic E-state index is 12.7. The molecular weight excluding hydrogens is 329 g/mol. The molecule has 0 saturated heterocycles. The molecule has 2 aromatic rings. The molecule has 0 aliphatic rings. The monoisotopic (exact) mass is 342 g/mol. The number of alkyl halides is 3. The van der Waals surface area contributed by atoms with Gasteiger partial charge in [0.25, 0.3) is 5.69 Å². The number of nitrogens with one attached hydrogen (secondary N) is 1. The third-order valence-electron chi connectivity index (χ3n) is 3.20. The van der Waals surface area contributed by atoms with Crippen molar-refractivity contribution < 1.29 is 27.6 Å². The van der Waals surface area contributed by atoms with Crippen LogP contribution >= 0.6 is 0 Å². The van der Waals surface area contributed by atoms with Crippen LogP contribution in [0.4, 0.5) is 30.2 Å². The molecule has 0 fully saturated rings. The van der Waals surface area contributed by atoms with E-state index in [-0.39, 0.29) is 5.69 Å². The van der Waals surface area contributed by atoms with Crippen molar-refractivity contribution in [1.29, 1.82) is 0 Å². The molecule has 0 heterocycles. The fourth-order valence-corrected chi connectivity index (χ4v) is 2.02. The minimum Gasteiger partial charge on any atom is -0.497 e. The first-order chi connectivity index (χ1) is 11.3. The molecule has 1 N–H and O–H groups in total. The Morgan fingerprint density at radius 1 is 1.04 bits per heavy atom. The van der Waals surface area contributed by atoms with Gasteiger partial charge in [0.15, 0.2) is 0 Å². The molecule has 0 saturated carbocycles. The quantitative estimate of drug-likeness (QED) is 0.645. The van der Waals surface area contributed by atoms with Crippen molar-refractivity contribution in [2.75, 3.05) is 19.5 Å². The third-order valence-corrected chi connectivity index (χ3v) is 3.20. The van der Waals surface area contributed by atoms with Crippen LogP contribution in [-0.2, 0) is 6.18 Å². The molecule has 2 rings (SSSR count). The maximum Gasteiger partial charge on any atom is 0.416 e. The molecular formula is C15H13F3N2O4. The van der Waals surface area contributed by atoms with E-state index >= 15 is 0 Å². The van der Waals surface area contributed by atoms with Crippen molar-refractivity contribution >= 4 is 17.1 Å². The molecule has 0 aromatic heterocycles. The molecule has 6 nitrogen and oxygen atoms in total. The highest BCUT2D eigenvalue weighted by molar-refractivity contribution is 5.74. The molecule has 0 unspecified atom stereocenters. The van der Waals surface area contributed by atoms with Gasteiger partial charge in [-0.25, -0.2) is 0 Å². The van der Waals surface area contributed by atoms with Gasteiger partial charge in [0, 0.05) is 12.1 Å². The first-order valence-corrected chi connectivity index (χ1v) is 6.61. The van der Waals surface area contributed by atoms with E-state index in [4.69, 9.17) is 9.47 Å². The summed E-state index contributed by atoms with van der Waals surface area (Å²) in [6, 6.07) is 6.94. The Bertz CT molecular complexity index is 763. The van der Waals surface area contributed by atoms with Crippen molar-refractivity contribution in [3.05, 3.63) is 52.1 Å². The van der Waals surface area contributed by atoms with Gasteiger partial charge in [-0.05, 0) is 24.3 Å². The molecule has 0 radical (unpaired) electrons. The zero-order valence-electron chi connectivity index (χ0n) is 12.7. The first kappa shape index (κ1) is 17.4. The van der Waals surface area contributed by atoms with Gasteiger partial charge in [0.2, 0.25) is 0 Å². The smallest absolute Gasteiger partial charge is 0.416 e. The van der Waals surface area contributed by atoms with E-state index in [2.05, 4.69) is 5.32 Å². The number of hydrogen-bond acceptors (Lipinski definition) is 5. The van der Waals surface area contributed by atoms with Gasteiger partial charge < -0.3 is 14.8 Å². The maximum absolute atomic E-state index is 12.7. The molecule has 0 atom stereocenters. The van der Waals surface area contributed by atoms with E-state index in [1.165, 1.54) is 20.3 Å². The Kier molecular flexibility index (Phi) is 4.82. The molecule has 2 aromatic carbocycles. The Labute approximate surface area is 135 Å². The van der Waals surface area contributed by atoms with Gasteiger partial charge in [0.1, 0.15) is 17.2 Å². The largest absolute Gasteiger partial charge is 0.497 e. The number of nitro groups is 1. The Morgan fingerprint density at radius 3 is 2.29 bits per heavy atom. The number of rotatable bonds is 5. The molecule has 0 aliphatic heterocycles. The first-order valence-electron chi connectivity index (χ1n) is 6.61. The zero-order valence-corrected chi connectivity index (χ0v) is 12.7. The van der Waals surface area contributed by atoms with E-state index in [0.29, 0.717) is 23.3 Å². The summed E-state index contributed by atoms with van der Waals surface area (Å²) < 4.78 is 48.4. The molecule has 128 valence electrons. The minimum absolute atomic E-state index is 0.0976. The standard InChI is InChI=1S/C15H13F3N2O4/c1-23-10-4-6-14(24-2)12(8-10)19-11-5-3-9(15(16,17)18)7-13(11)20(21)22/h3-8,19H,1-2H3. The zero-order chi connectivity index (χ0) is 17.9. The highest BCUT2D eigenvalue weighted by Crippen LogP contribution is 2.38. The van der Waals surface area contributed by atoms with E-state index in [1.54, 1.807) is 12.1 Å². The average molecular weight is 342 g/mol. The number of nitrogens with zero attached hydrogens (tertiary/aromatic N) is 1. The van der Waals surface area contributed by atoms with Crippen LogP contribution in [0.1, 0.15) is 5.56 Å². The second-order valence-electron chi connectivity index (χ2n) is 4.68. The molecule has 0 bridgehead atoms. The molecule has 0 amide bonds. The van der Waals surface area contributed by atoms with Crippen LogP contribution < -0.4 is 14.8 Å². The number of methoxy groups -OCH3 is 2. The lowest BCUT2D eigenvalue weighted by molar-refractivity contribution is -0.384. The van der Waals surface area contributed by atoms with Crippen LogP contribution in [0.25, 0.3) is 0 Å². The predicted octanol–water partition coefficient (Wildman–Crippen LogP) is 4.37. The number of nitro benzene ring substituents is 1. The average Bonchev–Trinajstić information content (AvgIpc) is 2.53. The van der Waals surface area contributed by atoms with E-state index in [1.807, 2.05) is 0 Å². The van der Waals surface area contributed by atoms with Crippen LogP contribution in [0.15, 0.2) is 36.4 Å². The molecule has 24 heavy (non-hydrogen) atoms. The van der Waals surface area contributed by atoms with Crippen molar-refractivity contribution in [3.63, 3.8) is 0 Å². The number of anilines is 2. The summed E-state index contributed by atoms with van der Waals surface area (Å²) in [5.41, 5.74) is -1.58. The van der Waals surface area contributed by atoms with E-state index in [0.717, 1.165) is 12.1 Å². The molecule has 0 aliphatic carbocycles. The van der Waals surface area contributed by atoms with Crippen LogP contribution in [-0.4, -0.2) is 19.1 Å². The highest BCUT2D eigenvalue weighted by Gasteiger charge is 2.33. The van der Waals surface area contributed by atoms with Gasteiger partial charge >= 0.3 is 6.18 Å². The second-order valence-corrected chi connectivity index (χ2v) is 4.68. The lowest BCUT2D eigenvalue weighted by Crippen LogP contribution is -2.07. The molecule has 9 heteroatoms. The summed E-state index contributed by atoms with van der Waals surface area (Å²) in [5.74, 6) is 0.804. The summed E-state index contributed by atoms with van der Waals surface area (Å²) in [5, 5.41) is 13.8. The van der Waals surface area contributed by atoms with Gasteiger partial charge in [-0.3, -0.25) is 10.1 Å². The fourth-order valence-electron chi connectivity index (χ4n) is 2.02. The highest BCUT2D eigenvalue weighted by atomic mass is 19.4. The predicted molar refractivity (Wildman–Crippen MR) is 80.9 cm³/mol. The molecule has 0 spiro atoms. The van der Waals surface area contributed by atoms with Crippen LogP contribution in [0, 0.1) is 10.1 Å². The topological polar surface area (TPSA) is 73.6 Å². The lowest BCUT2D eigenvalue weighted by Gasteiger charge is -2.14. The SMILES string of the molecule is COc1ccc(OC)c(Nc2ccc(C(F)(F)F)cc2[N+](=O)[O-])c1. The van der Waals surface area contributed by atoms with Gasteiger partial charge in [-0.15, -0.1) is 0 Å². The lowest BCUT2D eigenvalue weighted by atomic mass is 10.1. The summed E-state index contributed by atoms with van der Waals surface area (Å²) in [6.45, 7) is 0. The third kappa shape index (κ3) is 3.67. The number of hydrogen-bond donors (Lipinski definition) is 1. The normalized spacial score (nSPS) is 11.0. The van der Waals surface area contributed by atoms with Gasteiger partial charge in [0.05, 0.1) is 30.4 Å². The summed E-state index contributed by atoms with van der Waals surface area (Å²) in [4.78, 5) is 10.2. The second kappa shape index (κ2) is 6.65. The van der Waals surface area contributed by atoms with Crippen LogP contribution in [0.2, 0.25) is 0 Å². The Hall–Kier alpha value is -2.97. The van der Waals surface area contributed by atoms with Crippen molar-refractivity contribution in [1.82, 2.24) is 0 Å². The van der Waals surface area contributed by atoms with Crippen molar-refractivity contribution in [2.45, 2.75) is 6.18 Å². The van der Waals surface area contributed by atoms with Crippen LogP contribution in [0.3, 0.4) is 0 Å². The van der Waals surface area contributed by atoms with Gasteiger partial charge in [-0.1, -0.05) is 0 Å². The van der Waals surface area contributed by atoms with Crippen molar-refractivity contribution in [2.24, 2.45) is 0 Å². The van der Waals surface area contributed by atoms with E-state index < -0.39 is 22.4 Å².